The molecular weight excluding hydrogens is 236 g/mol. The van der Waals surface area contributed by atoms with Crippen LogP contribution in [0.4, 0.5) is 0 Å². The second-order valence-corrected chi connectivity index (χ2v) is 7.09. The van der Waals surface area contributed by atoms with Crippen molar-refractivity contribution in [3.63, 3.8) is 0 Å². The van der Waals surface area contributed by atoms with Crippen molar-refractivity contribution < 1.29 is 4.79 Å². The molecule has 3 unspecified atom stereocenters. The first kappa shape index (κ1) is 16.5. The van der Waals surface area contributed by atoms with Crippen LogP contribution in [0.3, 0.4) is 0 Å². The molecule has 1 aliphatic carbocycles. The molecule has 0 aromatic heterocycles. The normalized spacial score (nSPS) is 25.9. The van der Waals surface area contributed by atoms with E-state index in [2.05, 4.69) is 33.0 Å². The summed E-state index contributed by atoms with van der Waals surface area (Å²) in [6, 6.07) is 0.340. The summed E-state index contributed by atoms with van der Waals surface area (Å²) in [6.45, 7) is 9.43. The lowest BCUT2D eigenvalue weighted by Crippen LogP contribution is -2.49. The Morgan fingerprint density at radius 2 is 1.95 bits per heavy atom. The number of nitrogens with one attached hydrogen (secondary N) is 1. The molecule has 0 spiro atoms. The monoisotopic (exact) mass is 268 g/mol. The van der Waals surface area contributed by atoms with Gasteiger partial charge in [-0.2, -0.15) is 0 Å². The van der Waals surface area contributed by atoms with Crippen LogP contribution in [0.2, 0.25) is 0 Å². The first-order chi connectivity index (χ1) is 8.90. The summed E-state index contributed by atoms with van der Waals surface area (Å²) < 4.78 is 0. The minimum atomic E-state index is -0.00690. The van der Waals surface area contributed by atoms with E-state index >= 15 is 0 Å². The number of hydrogen-bond acceptors (Lipinski definition) is 2. The smallest absolute Gasteiger partial charge is 0.224 e. The van der Waals surface area contributed by atoms with Crippen molar-refractivity contribution in [2.45, 2.75) is 72.3 Å². The minimum absolute atomic E-state index is 0.00690. The highest BCUT2D eigenvalue weighted by Crippen LogP contribution is 2.38. The van der Waals surface area contributed by atoms with Gasteiger partial charge in [0.25, 0.3) is 0 Å². The molecule has 0 aromatic rings. The molecule has 19 heavy (non-hydrogen) atoms. The van der Waals surface area contributed by atoms with Crippen LogP contribution in [0.15, 0.2) is 0 Å². The molecule has 1 aliphatic rings. The fourth-order valence-corrected chi connectivity index (χ4v) is 3.35. The number of nitrogens with two attached hydrogens (primary N) is 1. The van der Waals surface area contributed by atoms with E-state index in [1.807, 2.05) is 0 Å². The van der Waals surface area contributed by atoms with Crippen molar-refractivity contribution >= 4 is 5.91 Å². The molecule has 1 fully saturated rings. The zero-order chi connectivity index (χ0) is 14.5. The number of rotatable bonds is 5. The summed E-state index contributed by atoms with van der Waals surface area (Å²) >= 11 is 0. The molecule has 3 heteroatoms. The molecule has 112 valence electrons. The van der Waals surface area contributed by atoms with Gasteiger partial charge in [-0.1, -0.05) is 47.0 Å². The molecule has 0 saturated heterocycles. The molecule has 3 N–H and O–H groups in total. The van der Waals surface area contributed by atoms with E-state index < -0.39 is 0 Å². The second-order valence-electron chi connectivity index (χ2n) is 7.09. The van der Waals surface area contributed by atoms with Crippen molar-refractivity contribution in [1.82, 2.24) is 5.32 Å². The van der Waals surface area contributed by atoms with E-state index in [0.717, 1.165) is 19.3 Å². The lowest BCUT2D eigenvalue weighted by molar-refractivity contribution is -0.126. The molecule has 0 heterocycles. The maximum absolute atomic E-state index is 12.3. The van der Waals surface area contributed by atoms with Crippen molar-refractivity contribution in [1.29, 1.82) is 0 Å². The average Bonchev–Trinajstić information content (AvgIpc) is 2.35. The van der Waals surface area contributed by atoms with Crippen molar-refractivity contribution in [2.24, 2.45) is 23.0 Å². The summed E-state index contributed by atoms with van der Waals surface area (Å²) in [5.41, 5.74) is 5.99. The predicted molar refractivity (Wildman–Crippen MR) is 80.8 cm³/mol. The van der Waals surface area contributed by atoms with Crippen LogP contribution < -0.4 is 11.1 Å². The third-order valence-corrected chi connectivity index (χ3v) is 4.50. The number of carbonyl (C=O) groups excluding carboxylic acids is 1. The van der Waals surface area contributed by atoms with E-state index in [0.29, 0.717) is 18.5 Å². The van der Waals surface area contributed by atoms with Gasteiger partial charge in [-0.25, -0.2) is 0 Å². The van der Waals surface area contributed by atoms with Crippen LogP contribution >= 0.6 is 0 Å². The van der Waals surface area contributed by atoms with Gasteiger partial charge in [0, 0.05) is 12.6 Å². The van der Waals surface area contributed by atoms with E-state index in [1.165, 1.54) is 19.3 Å². The van der Waals surface area contributed by atoms with Gasteiger partial charge in [0.15, 0.2) is 0 Å². The lowest BCUT2D eigenvalue weighted by atomic mass is 9.69. The molecule has 0 aliphatic heterocycles. The van der Waals surface area contributed by atoms with E-state index in [4.69, 9.17) is 5.73 Å². The molecule has 1 amide bonds. The molecule has 0 aromatic carbocycles. The van der Waals surface area contributed by atoms with Gasteiger partial charge in [-0.15, -0.1) is 0 Å². The zero-order valence-electron chi connectivity index (χ0n) is 13.2. The highest BCUT2D eigenvalue weighted by atomic mass is 16.1. The highest BCUT2D eigenvalue weighted by molar-refractivity contribution is 5.79. The lowest BCUT2D eigenvalue weighted by Gasteiger charge is -2.41. The van der Waals surface area contributed by atoms with Crippen LogP contribution in [0.5, 0.6) is 0 Å². The number of hydrogen-bond donors (Lipinski definition) is 2. The molecule has 3 atom stereocenters. The average molecular weight is 268 g/mol. The van der Waals surface area contributed by atoms with E-state index in [1.54, 1.807) is 0 Å². The highest BCUT2D eigenvalue weighted by Gasteiger charge is 2.35. The zero-order valence-corrected chi connectivity index (χ0v) is 13.2. The first-order valence-electron chi connectivity index (χ1n) is 7.90. The van der Waals surface area contributed by atoms with Crippen LogP contribution in [0.1, 0.15) is 66.2 Å². The number of amides is 1. The Balaban J connectivity index is 2.64. The molecule has 0 radical (unpaired) electrons. The van der Waals surface area contributed by atoms with Gasteiger partial charge >= 0.3 is 0 Å². The Morgan fingerprint density at radius 3 is 2.47 bits per heavy atom. The fourth-order valence-electron chi connectivity index (χ4n) is 3.35. The Hall–Kier alpha value is -0.570. The Labute approximate surface area is 118 Å². The predicted octanol–water partition coefficient (Wildman–Crippen LogP) is 3.08. The van der Waals surface area contributed by atoms with Crippen LogP contribution in [0, 0.1) is 17.3 Å². The van der Waals surface area contributed by atoms with Crippen molar-refractivity contribution in [3.8, 4) is 0 Å². The van der Waals surface area contributed by atoms with Crippen molar-refractivity contribution in [3.05, 3.63) is 0 Å². The molecule has 1 rings (SSSR count). The molecule has 1 saturated carbocycles. The van der Waals surface area contributed by atoms with Gasteiger partial charge in [-0.05, 0) is 30.6 Å². The summed E-state index contributed by atoms with van der Waals surface area (Å²) in [7, 11) is 0. The minimum Gasteiger partial charge on any atom is -0.353 e. The summed E-state index contributed by atoms with van der Waals surface area (Å²) in [5, 5.41) is 3.29. The van der Waals surface area contributed by atoms with E-state index in [-0.39, 0.29) is 17.2 Å². The van der Waals surface area contributed by atoms with Crippen molar-refractivity contribution in [2.75, 3.05) is 6.54 Å². The van der Waals surface area contributed by atoms with Crippen LogP contribution in [-0.4, -0.2) is 18.5 Å². The third kappa shape index (κ3) is 4.79. The molecular formula is C16H32N2O. The number of carbonyl (C=O) groups is 1. The summed E-state index contributed by atoms with van der Waals surface area (Å²) in [6.07, 6.45) is 6.80. The topological polar surface area (TPSA) is 55.1 Å². The van der Waals surface area contributed by atoms with Gasteiger partial charge in [0.1, 0.15) is 0 Å². The second kappa shape index (κ2) is 7.28. The Morgan fingerprint density at radius 1 is 1.32 bits per heavy atom. The molecule has 0 bridgehead atoms. The first-order valence-corrected chi connectivity index (χ1v) is 7.90. The van der Waals surface area contributed by atoms with Gasteiger partial charge < -0.3 is 11.1 Å². The quantitative estimate of drug-likeness (QED) is 0.805. The molecule has 3 nitrogen and oxygen atoms in total. The Bertz CT molecular complexity index is 283. The van der Waals surface area contributed by atoms with Gasteiger partial charge in [0.2, 0.25) is 5.91 Å². The largest absolute Gasteiger partial charge is 0.353 e. The third-order valence-electron chi connectivity index (χ3n) is 4.50. The SMILES string of the molecule is CCCC(CN)C(=O)NC1CCCCC1C(C)(C)C. The summed E-state index contributed by atoms with van der Waals surface area (Å²) in [4.78, 5) is 12.3. The Kier molecular flexibility index (Phi) is 6.31. The van der Waals surface area contributed by atoms with Crippen LogP contribution in [-0.2, 0) is 4.79 Å². The van der Waals surface area contributed by atoms with Gasteiger partial charge in [0.05, 0.1) is 5.92 Å². The summed E-state index contributed by atoms with van der Waals surface area (Å²) in [5.74, 6) is 0.753. The van der Waals surface area contributed by atoms with Crippen LogP contribution in [0.25, 0.3) is 0 Å². The maximum atomic E-state index is 12.3. The standard InChI is InChI=1S/C16H32N2O/c1-5-8-12(11-17)15(19)18-14-10-7-6-9-13(14)16(2,3)4/h12-14H,5-11,17H2,1-4H3,(H,18,19). The van der Waals surface area contributed by atoms with E-state index in [9.17, 15) is 4.79 Å². The fraction of sp³-hybridized carbons (Fsp3) is 0.938. The maximum Gasteiger partial charge on any atom is 0.224 e. The van der Waals surface area contributed by atoms with Gasteiger partial charge in [-0.3, -0.25) is 4.79 Å².